The number of tetrazole rings is 1. The van der Waals surface area contributed by atoms with Crippen LogP contribution in [0.3, 0.4) is 0 Å². The van der Waals surface area contributed by atoms with E-state index in [1.54, 1.807) is 24.3 Å². The lowest BCUT2D eigenvalue weighted by atomic mass is 10.1. The minimum absolute atomic E-state index is 0.238. The fourth-order valence-corrected chi connectivity index (χ4v) is 2.47. The predicted octanol–water partition coefficient (Wildman–Crippen LogP) is 1.93. The monoisotopic (exact) mass is 338 g/mol. The zero-order valence-corrected chi connectivity index (χ0v) is 13.2. The molecular weight excluding hydrogens is 324 g/mol. The van der Waals surface area contributed by atoms with Crippen LogP contribution < -0.4 is 14.2 Å². The van der Waals surface area contributed by atoms with E-state index in [0.29, 0.717) is 17.9 Å². The average Bonchev–Trinajstić information content (AvgIpc) is 3.32. The van der Waals surface area contributed by atoms with Crippen molar-refractivity contribution in [3.8, 4) is 22.9 Å². The van der Waals surface area contributed by atoms with Gasteiger partial charge in [0.1, 0.15) is 12.1 Å². The molecule has 2 aromatic carbocycles. The van der Waals surface area contributed by atoms with Gasteiger partial charge in [-0.1, -0.05) is 6.07 Å². The maximum atomic E-state index is 12.0. The van der Waals surface area contributed by atoms with E-state index in [0.717, 1.165) is 17.0 Å². The number of nitrogens with zero attached hydrogens (tertiary/aromatic N) is 4. The third-order valence-electron chi connectivity index (χ3n) is 3.74. The Kier molecular flexibility index (Phi) is 3.99. The van der Waals surface area contributed by atoms with Crippen molar-refractivity contribution in [2.24, 2.45) is 0 Å². The molecule has 8 nitrogen and oxygen atoms in total. The summed E-state index contributed by atoms with van der Waals surface area (Å²) in [5.74, 6) is 1.62. The average molecular weight is 338 g/mol. The Labute approximate surface area is 142 Å². The Morgan fingerprint density at radius 3 is 2.76 bits per heavy atom. The number of carbonyl (C=O) groups excluding carboxylic acids is 1. The molecule has 0 spiro atoms. The molecule has 8 heteroatoms. The molecule has 1 aromatic heterocycles. The molecule has 0 atom stereocenters. The molecule has 0 radical (unpaired) electrons. The molecule has 0 aliphatic carbocycles. The van der Waals surface area contributed by atoms with Crippen LogP contribution in [-0.2, 0) is 11.2 Å². The molecule has 0 fully saturated rings. The van der Waals surface area contributed by atoms with Gasteiger partial charge in [-0.05, 0) is 58.8 Å². The summed E-state index contributed by atoms with van der Waals surface area (Å²) in [6, 6.07) is 12.6. The normalized spacial score (nSPS) is 12.2. The third-order valence-corrected chi connectivity index (χ3v) is 3.74. The molecule has 2 heterocycles. The van der Waals surface area contributed by atoms with Crippen molar-refractivity contribution in [1.82, 2.24) is 20.2 Å². The van der Waals surface area contributed by atoms with Crippen molar-refractivity contribution in [3.05, 3.63) is 54.4 Å². The Hall–Kier alpha value is -3.42. The van der Waals surface area contributed by atoms with Gasteiger partial charge in [0.25, 0.3) is 0 Å². The zero-order chi connectivity index (χ0) is 17.1. The van der Waals surface area contributed by atoms with Crippen LogP contribution in [0.2, 0.25) is 0 Å². The van der Waals surface area contributed by atoms with Crippen molar-refractivity contribution in [1.29, 1.82) is 0 Å². The number of hydrogen-bond acceptors (Lipinski definition) is 7. The van der Waals surface area contributed by atoms with Crippen molar-refractivity contribution in [2.45, 2.75) is 12.8 Å². The molecule has 0 N–H and O–H groups in total. The van der Waals surface area contributed by atoms with Crippen LogP contribution in [0.1, 0.15) is 12.0 Å². The van der Waals surface area contributed by atoms with E-state index in [1.807, 2.05) is 18.2 Å². The second-order valence-electron chi connectivity index (χ2n) is 5.41. The lowest BCUT2D eigenvalue weighted by molar-refractivity contribution is -0.134. The van der Waals surface area contributed by atoms with Crippen molar-refractivity contribution >= 4 is 5.97 Å². The Morgan fingerprint density at radius 1 is 1.12 bits per heavy atom. The first-order valence-corrected chi connectivity index (χ1v) is 7.70. The number of esters is 1. The highest BCUT2D eigenvalue weighted by molar-refractivity contribution is 5.72. The molecule has 126 valence electrons. The number of fused-ring (bicyclic) bond motifs is 1. The third kappa shape index (κ3) is 3.42. The Bertz CT molecular complexity index is 878. The Balaban J connectivity index is 1.33. The first kappa shape index (κ1) is 15.1. The first-order chi connectivity index (χ1) is 12.3. The van der Waals surface area contributed by atoms with Crippen LogP contribution in [0, 0.1) is 0 Å². The molecule has 1 aliphatic heterocycles. The number of carbonyl (C=O) groups is 1. The summed E-state index contributed by atoms with van der Waals surface area (Å²) in [6.45, 7) is 0.238. The number of hydrogen-bond donors (Lipinski definition) is 0. The quantitative estimate of drug-likeness (QED) is 0.519. The van der Waals surface area contributed by atoms with Gasteiger partial charge in [0.2, 0.25) is 6.79 Å². The van der Waals surface area contributed by atoms with Gasteiger partial charge in [-0.15, -0.1) is 5.10 Å². The predicted molar refractivity (Wildman–Crippen MR) is 85.7 cm³/mol. The summed E-state index contributed by atoms with van der Waals surface area (Å²) in [5, 5.41) is 10.9. The van der Waals surface area contributed by atoms with Crippen molar-refractivity contribution < 1.29 is 19.0 Å². The van der Waals surface area contributed by atoms with Crippen LogP contribution in [-0.4, -0.2) is 33.0 Å². The van der Waals surface area contributed by atoms with Gasteiger partial charge in [-0.3, -0.25) is 4.79 Å². The number of aromatic nitrogens is 4. The molecule has 25 heavy (non-hydrogen) atoms. The van der Waals surface area contributed by atoms with E-state index in [9.17, 15) is 4.79 Å². The fourth-order valence-electron chi connectivity index (χ4n) is 2.47. The van der Waals surface area contributed by atoms with Gasteiger partial charge in [0.15, 0.2) is 11.5 Å². The summed E-state index contributed by atoms with van der Waals surface area (Å²) in [6.07, 6.45) is 2.33. The van der Waals surface area contributed by atoms with Crippen LogP contribution in [0.25, 0.3) is 5.69 Å². The molecule has 0 unspecified atom stereocenters. The first-order valence-electron chi connectivity index (χ1n) is 7.70. The van der Waals surface area contributed by atoms with Gasteiger partial charge in [0.05, 0.1) is 5.69 Å². The van der Waals surface area contributed by atoms with Crippen LogP contribution in [0.4, 0.5) is 0 Å². The van der Waals surface area contributed by atoms with Gasteiger partial charge in [-0.25, -0.2) is 4.68 Å². The molecule has 0 saturated heterocycles. The number of benzene rings is 2. The highest BCUT2D eigenvalue weighted by Gasteiger charge is 2.14. The minimum Gasteiger partial charge on any atom is -0.454 e. The topological polar surface area (TPSA) is 88.4 Å². The van der Waals surface area contributed by atoms with Crippen LogP contribution in [0.15, 0.2) is 48.8 Å². The summed E-state index contributed by atoms with van der Waals surface area (Å²) in [7, 11) is 0. The van der Waals surface area contributed by atoms with Gasteiger partial charge >= 0.3 is 5.97 Å². The number of ether oxygens (including phenoxy) is 3. The van der Waals surface area contributed by atoms with Crippen molar-refractivity contribution in [3.63, 3.8) is 0 Å². The second-order valence-corrected chi connectivity index (χ2v) is 5.41. The minimum atomic E-state index is -0.298. The van der Waals surface area contributed by atoms with E-state index in [-0.39, 0.29) is 19.2 Å². The van der Waals surface area contributed by atoms with Crippen LogP contribution in [0.5, 0.6) is 17.2 Å². The summed E-state index contributed by atoms with van der Waals surface area (Å²) < 4.78 is 17.5. The van der Waals surface area contributed by atoms with Gasteiger partial charge in [-0.2, -0.15) is 0 Å². The molecular formula is C17H14N4O4. The standard InChI is InChI=1S/C17H14N4O4/c22-17(8-2-12-1-7-15-16(9-12)24-11-23-15)25-14-5-3-13(4-6-14)21-10-18-19-20-21/h1,3-7,9-10H,2,8,11H2. The van der Waals surface area contributed by atoms with Crippen molar-refractivity contribution in [2.75, 3.05) is 6.79 Å². The molecule has 0 saturated carbocycles. The molecule has 3 aromatic rings. The van der Waals surface area contributed by atoms with E-state index < -0.39 is 0 Å². The Morgan fingerprint density at radius 2 is 1.96 bits per heavy atom. The highest BCUT2D eigenvalue weighted by Crippen LogP contribution is 2.32. The summed E-state index contributed by atoms with van der Waals surface area (Å²) >= 11 is 0. The summed E-state index contributed by atoms with van der Waals surface area (Å²) in [5.41, 5.74) is 1.78. The highest BCUT2D eigenvalue weighted by atomic mass is 16.7. The SMILES string of the molecule is O=C(CCc1ccc2c(c1)OCO2)Oc1ccc(-n2cnnn2)cc1. The van der Waals surface area contributed by atoms with Gasteiger partial charge in [0, 0.05) is 6.42 Å². The van der Waals surface area contributed by atoms with E-state index in [1.165, 1.54) is 11.0 Å². The molecule has 0 bridgehead atoms. The second kappa shape index (κ2) is 6.60. The maximum absolute atomic E-state index is 12.0. The largest absolute Gasteiger partial charge is 0.454 e. The zero-order valence-electron chi connectivity index (χ0n) is 13.2. The molecule has 0 amide bonds. The van der Waals surface area contributed by atoms with E-state index >= 15 is 0 Å². The van der Waals surface area contributed by atoms with E-state index in [2.05, 4.69) is 15.5 Å². The lowest BCUT2D eigenvalue weighted by Crippen LogP contribution is -2.09. The maximum Gasteiger partial charge on any atom is 0.311 e. The van der Waals surface area contributed by atoms with Crippen LogP contribution >= 0.6 is 0 Å². The number of aryl methyl sites for hydroxylation is 1. The fraction of sp³-hybridized carbons (Fsp3) is 0.176. The molecule has 1 aliphatic rings. The van der Waals surface area contributed by atoms with Gasteiger partial charge < -0.3 is 14.2 Å². The smallest absolute Gasteiger partial charge is 0.311 e. The van der Waals surface area contributed by atoms with E-state index in [4.69, 9.17) is 14.2 Å². The summed E-state index contributed by atoms with van der Waals surface area (Å²) in [4.78, 5) is 12.0. The number of rotatable bonds is 5. The molecule has 4 rings (SSSR count). The lowest BCUT2D eigenvalue weighted by Gasteiger charge is -2.06.